The summed E-state index contributed by atoms with van der Waals surface area (Å²) in [6, 6.07) is 17.3. The summed E-state index contributed by atoms with van der Waals surface area (Å²) in [4.78, 5) is 26.4. The lowest BCUT2D eigenvalue weighted by Crippen LogP contribution is -2.31. The molecule has 1 fully saturated rings. The van der Waals surface area contributed by atoms with Crippen LogP contribution in [-0.2, 0) is 24.4 Å². The van der Waals surface area contributed by atoms with E-state index in [1.807, 2.05) is 0 Å². The molecule has 3 aromatic carbocycles. The number of carbonyl (C=O) groups is 2. The van der Waals surface area contributed by atoms with E-state index in [4.69, 9.17) is 9.47 Å². The molecule has 1 atom stereocenters. The van der Waals surface area contributed by atoms with Gasteiger partial charge in [0.05, 0.1) is 18.9 Å². The molecule has 1 heterocycles. The number of hydrogen-bond acceptors (Lipinski definition) is 5. The molecule has 170 valence electrons. The fourth-order valence-electron chi connectivity index (χ4n) is 3.49. The Balaban J connectivity index is 1.42. The molecule has 2 amide bonds. The number of ether oxygens (including phenoxy) is 2. The Morgan fingerprint density at radius 3 is 2.39 bits per heavy atom. The van der Waals surface area contributed by atoms with Crippen LogP contribution in [0.4, 0.5) is 13.6 Å². The van der Waals surface area contributed by atoms with Gasteiger partial charge in [-0.3, -0.25) is 14.5 Å². The second-order valence-corrected chi connectivity index (χ2v) is 8.65. The highest BCUT2D eigenvalue weighted by Crippen LogP contribution is 2.34. The van der Waals surface area contributed by atoms with Gasteiger partial charge in [0.1, 0.15) is 18.2 Å². The summed E-state index contributed by atoms with van der Waals surface area (Å²) in [5.74, 6) is -0.106. The van der Waals surface area contributed by atoms with Crippen LogP contribution in [0.5, 0.6) is 11.5 Å². The van der Waals surface area contributed by atoms with Crippen molar-refractivity contribution < 1.29 is 27.8 Å². The van der Waals surface area contributed by atoms with E-state index in [1.54, 1.807) is 48.5 Å². The molecule has 0 N–H and O–H groups in total. The van der Waals surface area contributed by atoms with Crippen molar-refractivity contribution in [3.05, 3.63) is 95.1 Å². The number of thioether (sulfide) groups is 1. The predicted octanol–water partition coefficient (Wildman–Crippen LogP) is 5.36. The molecule has 0 spiro atoms. The maximum Gasteiger partial charge on any atom is 0.289 e. The second kappa shape index (κ2) is 10.0. The predicted molar refractivity (Wildman–Crippen MR) is 121 cm³/mol. The van der Waals surface area contributed by atoms with E-state index in [-0.39, 0.29) is 35.9 Å². The van der Waals surface area contributed by atoms with Gasteiger partial charge in [-0.2, -0.15) is 0 Å². The highest BCUT2D eigenvalue weighted by atomic mass is 32.2. The molecule has 0 aliphatic carbocycles. The number of halogens is 2. The van der Waals surface area contributed by atoms with Crippen LogP contribution in [0, 0.1) is 11.6 Å². The quantitative estimate of drug-likeness (QED) is 0.445. The van der Waals surface area contributed by atoms with Crippen LogP contribution in [-0.4, -0.2) is 28.4 Å². The van der Waals surface area contributed by atoms with Gasteiger partial charge in [-0.25, -0.2) is 8.78 Å². The van der Waals surface area contributed by atoms with Gasteiger partial charge in [-0.1, -0.05) is 48.2 Å². The summed E-state index contributed by atoms with van der Waals surface area (Å²) in [6.07, 6.45) is 0.332. The molecule has 1 aliphatic rings. The Kier molecular flexibility index (Phi) is 6.93. The van der Waals surface area contributed by atoms with Crippen LogP contribution in [0.15, 0.2) is 66.7 Å². The standard InChI is InChI=1S/C25H21F2NO4S/c1-31-22-12-17(8-11-21(22)32-15-18-4-2-3-5-20(18)27)13-23-24(29)28(25(30)33-23)14-16-6-9-19(26)10-7-16/h2-12,23H,13-15H2,1H3/t23-/m0/s1. The molecule has 1 aliphatic heterocycles. The van der Waals surface area contributed by atoms with Crippen LogP contribution in [0.25, 0.3) is 0 Å². The Morgan fingerprint density at radius 2 is 1.67 bits per heavy atom. The zero-order valence-electron chi connectivity index (χ0n) is 17.8. The van der Waals surface area contributed by atoms with Gasteiger partial charge in [0, 0.05) is 5.56 Å². The minimum Gasteiger partial charge on any atom is -0.493 e. The lowest BCUT2D eigenvalue weighted by molar-refractivity contribution is -0.127. The summed E-state index contributed by atoms with van der Waals surface area (Å²) in [7, 11) is 1.50. The zero-order valence-corrected chi connectivity index (χ0v) is 18.6. The van der Waals surface area contributed by atoms with Crippen molar-refractivity contribution in [3.63, 3.8) is 0 Å². The molecule has 0 radical (unpaired) electrons. The number of carbonyl (C=O) groups excluding carboxylic acids is 2. The normalized spacial score (nSPS) is 15.7. The fraction of sp³-hybridized carbons (Fsp3) is 0.200. The van der Waals surface area contributed by atoms with Gasteiger partial charge in [-0.05, 0) is 47.9 Å². The summed E-state index contributed by atoms with van der Waals surface area (Å²) in [5, 5.41) is -0.890. The first-order valence-electron chi connectivity index (χ1n) is 10.2. The number of rotatable bonds is 8. The van der Waals surface area contributed by atoms with Crippen molar-refractivity contribution in [2.45, 2.75) is 24.8 Å². The second-order valence-electron chi connectivity index (χ2n) is 7.49. The molecule has 5 nitrogen and oxygen atoms in total. The van der Waals surface area contributed by atoms with Crippen LogP contribution in [0.2, 0.25) is 0 Å². The first-order valence-corrected chi connectivity index (χ1v) is 11.1. The highest BCUT2D eigenvalue weighted by molar-refractivity contribution is 8.15. The fourth-order valence-corrected chi connectivity index (χ4v) is 4.52. The van der Waals surface area contributed by atoms with Gasteiger partial charge in [0.15, 0.2) is 11.5 Å². The lowest BCUT2D eigenvalue weighted by atomic mass is 10.1. The summed E-state index contributed by atoms with van der Waals surface area (Å²) in [5.41, 5.74) is 1.90. The Labute approximate surface area is 194 Å². The highest BCUT2D eigenvalue weighted by Gasteiger charge is 2.39. The lowest BCUT2D eigenvalue weighted by Gasteiger charge is -2.15. The molecule has 0 saturated carbocycles. The van der Waals surface area contributed by atoms with Gasteiger partial charge < -0.3 is 9.47 Å². The third kappa shape index (κ3) is 5.34. The Morgan fingerprint density at radius 1 is 0.939 bits per heavy atom. The first kappa shape index (κ1) is 22.8. The van der Waals surface area contributed by atoms with E-state index in [1.165, 1.54) is 30.2 Å². The number of amides is 2. The minimum absolute atomic E-state index is 0.0478. The average Bonchev–Trinajstić information content (AvgIpc) is 3.07. The molecule has 4 rings (SSSR count). The summed E-state index contributed by atoms with van der Waals surface area (Å²) >= 11 is 0.975. The largest absolute Gasteiger partial charge is 0.493 e. The molecule has 8 heteroatoms. The van der Waals surface area contributed by atoms with Crippen LogP contribution in [0.3, 0.4) is 0 Å². The molecule has 0 aromatic heterocycles. The average molecular weight is 470 g/mol. The van der Waals surface area contributed by atoms with E-state index in [0.717, 1.165) is 17.3 Å². The number of benzene rings is 3. The number of imide groups is 1. The minimum atomic E-state index is -0.562. The van der Waals surface area contributed by atoms with Crippen LogP contribution < -0.4 is 9.47 Å². The van der Waals surface area contributed by atoms with E-state index < -0.39 is 5.25 Å². The Bertz CT molecular complexity index is 1170. The van der Waals surface area contributed by atoms with Crippen LogP contribution >= 0.6 is 11.8 Å². The molecular weight excluding hydrogens is 448 g/mol. The maximum absolute atomic E-state index is 13.8. The first-order chi connectivity index (χ1) is 15.9. The van der Waals surface area contributed by atoms with E-state index >= 15 is 0 Å². The van der Waals surface area contributed by atoms with E-state index in [0.29, 0.717) is 29.0 Å². The number of methoxy groups -OCH3 is 1. The molecule has 1 saturated heterocycles. The van der Waals surface area contributed by atoms with Gasteiger partial charge in [-0.15, -0.1) is 0 Å². The zero-order chi connectivity index (χ0) is 23.4. The smallest absolute Gasteiger partial charge is 0.289 e. The molecule has 0 bridgehead atoms. The molecule has 0 unspecified atom stereocenters. The molecule has 3 aromatic rings. The molecule has 33 heavy (non-hydrogen) atoms. The summed E-state index contributed by atoms with van der Waals surface area (Å²) < 4.78 is 38.1. The maximum atomic E-state index is 13.8. The van der Waals surface area contributed by atoms with Crippen molar-refractivity contribution in [2.75, 3.05) is 7.11 Å². The Hall–Kier alpha value is -3.39. The van der Waals surface area contributed by atoms with Crippen LogP contribution in [0.1, 0.15) is 16.7 Å². The van der Waals surface area contributed by atoms with Crippen molar-refractivity contribution in [2.24, 2.45) is 0 Å². The number of hydrogen-bond donors (Lipinski definition) is 0. The third-order valence-corrected chi connectivity index (χ3v) is 6.32. The van der Waals surface area contributed by atoms with Crippen molar-refractivity contribution in [1.82, 2.24) is 4.90 Å². The monoisotopic (exact) mass is 469 g/mol. The van der Waals surface area contributed by atoms with Gasteiger partial charge in [0.2, 0.25) is 5.91 Å². The van der Waals surface area contributed by atoms with Crippen molar-refractivity contribution in [1.29, 1.82) is 0 Å². The molecular formula is C25H21F2NO4S. The van der Waals surface area contributed by atoms with Crippen molar-refractivity contribution in [3.8, 4) is 11.5 Å². The van der Waals surface area contributed by atoms with Gasteiger partial charge >= 0.3 is 0 Å². The topological polar surface area (TPSA) is 55.8 Å². The number of nitrogens with zero attached hydrogens (tertiary/aromatic N) is 1. The third-order valence-electron chi connectivity index (χ3n) is 5.25. The van der Waals surface area contributed by atoms with Crippen molar-refractivity contribution >= 4 is 22.9 Å². The van der Waals surface area contributed by atoms with E-state index in [9.17, 15) is 18.4 Å². The summed E-state index contributed by atoms with van der Waals surface area (Å²) in [6.45, 7) is 0.153. The SMILES string of the molecule is COc1cc(C[C@@H]2SC(=O)N(Cc3ccc(F)cc3)C2=O)ccc1OCc1ccccc1F. The van der Waals surface area contributed by atoms with E-state index in [2.05, 4.69) is 0 Å². The van der Waals surface area contributed by atoms with Gasteiger partial charge in [0.25, 0.3) is 5.24 Å².